The van der Waals surface area contributed by atoms with Gasteiger partial charge in [0.15, 0.2) is 0 Å². The molecule has 0 atom stereocenters. The number of rotatable bonds is 5. The summed E-state index contributed by atoms with van der Waals surface area (Å²) in [5.41, 5.74) is 2.03. The van der Waals surface area contributed by atoms with Gasteiger partial charge in [0.2, 0.25) is 4.77 Å². The summed E-state index contributed by atoms with van der Waals surface area (Å²) in [6, 6.07) is 15.6. The van der Waals surface area contributed by atoms with Crippen LogP contribution < -0.4 is 9.64 Å². The molecule has 0 N–H and O–H groups in total. The maximum absolute atomic E-state index is 6.11. The highest BCUT2D eigenvalue weighted by Crippen LogP contribution is 2.21. The van der Waals surface area contributed by atoms with E-state index in [-0.39, 0.29) is 0 Å². The predicted octanol–water partition coefficient (Wildman–Crippen LogP) is 3.24. The normalized spacial score (nSPS) is 15.0. The summed E-state index contributed by atoms with van der Waals surface area (Å²) in [5.74, 6) is 0.792. The fourth-order valence-electron chi connectivity index (χ4n) is 3.26. The summed E-state index contributed by atoms with van der Waals surface area (Å²) in [5, 5.41) is 9.22. The maximum atomic E-state index is 6.11. The molecule has 0 aliphatic carbocycles. The molecule has 28 heavy (non-hydrogen) atoms. The Morgan fingerprint density at radius 3 is 2.43 bits per heavy atom. The Hall–Kier alpha value is -2.42. The largest absolute Gasteiger partial charge is 0.497 e. The minimum atomic E-state index is 0.572. The lowest BCUT2D eigenvalue weighted by Crippen LogP contribution is -2.47. The summed E-state index contributed by atoms with van der Waals surface area (Å²) in [6.45, 7) is 4.33. The molecule has 2 heterocycles. The molecule has 1 fully saturated rings. The van der Waals surface area contributed by atoms with Gasteiger partial charge in [-0.2, -0.15) is 4.68 Å². The van der Waals surface area contributed by atoms with Gasteiger partial charge in [-0.25, -0.2) is 4.68 Å². The lowest BCUT2D eigenvalue weighted by Gasteiger charge is -2.35. The smallest absolute Gasteiger partial charge is 0.221 e. The zero-order valence-electron chi connectivity index (χ0n) is 15.5. The molecule has 0 amide bonds. The predicted molar refractivity (Wildman–Crippen MR) is 112 cm³/mol. The highest BCUT2D eigenvalue weighted by Gasteiger charge is 2.19. The van der Waals surface area contributed by atoms with Crippen molar-refractivity contribution < 1.29 is 4.74 Å². The number of ether oxygens (including phenoxy) is 1. The number of hydrogen-bond acceptors (Lipinski definition) is 6. The van der Waals surface area contributed by atoms with Crippen LogP contribution in [0.4, 0.5) is 5.69 Å². The van der Waals surface area contributed by atoms with Gasteiger partial charge < -0.3 is 9.64 Å². The topological polar surface area (TPSA) is 51.4 Å². The van der Waals surface area contributed by atoms with E-state index in [9.17, 15) is 0 Å². The lowest BCUT2D eigenvalue weighted by molar-refractivity contribution is 0.193. The first-order valence-electron chi connectivity index (χ1n) is 9.04. The molecule has 146 valence electrons. The summed E-state index contributed by atoms with van der Waals surface area (Å²) >= 11 is 11.7. The van der Waals surface area contributed by atoms with E-state index in [4.69, 9.17) is 28.6 Å². The van der Waals surface area contributed by atoms with E-state index < -0.39 is 0 Å². The molecule has 1 saturated heterocycles. The standard InChI is InChI=1S/C19H21ClN6OS/c1-27-18-7-5-16(6-8-18)26-19(28)25(21-22-26)14-23-9-11-24(12-10-23)17-4-2-3-15(20)13-17/h2-8,13H,9-12,14H2,1H3. The molecule has 9 heteroatoms. The van der Waals surface area contributed by atoms with Crippen LogP contribution in [0.1, 0.15) is 0 Å². The van der Waals surface area contributed by atoms with Crippen LogP contribution in [0.2, 0.25) is 5.02 Å². The van der Waals surface area contributed by atoms with Crippen LogP contribution in [-0.2, 0) is 6.67 Å². The summed E-state index contributed by atoms with van der Waals surface area (Å²) in [7, 11) is 1.64. The molecule has 0 unspecified atom stereocenters. The van der Waals surface area contributed by atoms with Gasteiger partial charge in [0.05, 0.1) is 19.5 Å². The SMILES string of the molecule is COc1ccc(-n2nnn(CN3CCN(c4cccc(Cl)c4)CC3)c2=S)cc1. The number of halogens is 1. The van der Waals surface area contributed by atoms with Crippen LogP contribution in [0.5, 0.6) is 5.75 Å². The van der Waals surface area contributed by atoms with Crippen LogP contribution in [0.15, 0.2) is 48.5 Å². The van der Waals surface area contributed by atoms with E-state index in [0.29, 0.717) is 11.4 Å². The van der Waals surface area contributed by atoms with Gasteiger partial charge in [-0.15, -0.1) is 0 Å². The van der Waals surface area contributed by atoms with Gasteiger partial charge in [-0.3, -0.25) is 4.90 Å². The molecule has 0 radical (unpaired) electrons. The van der Waals surface area contributed by atoms with E-state index in [1.807, 2.05) is 42.5 Å². The third-order valence-corrected chi connectivity index (χ3v) is 5.45. The monoisotopic (exact) mass is 416 g/mol. The van der Waals surface area contributed by atoms with Gasteiger partial charge in [0.1, 0.15) is 5.75 Å². The Morgan fingerprint density at radius 1 is 1.00 bits per heavy atom. The summed E-state index contributed by atoms with van der Waals surface area (Å²) in [4.78, 5) is 4.67. The van der Waals surface area contributed by atoms with Crippen LogP contribution in [0.3, 0.4) is 0 Å². The van der Waals surface area contributed by atoms with Crippen molar-refractivity contribution in [2.75, 3.05) is 38.2 Å². The van der Waals surface area contributed by atoms with Crippen molar-refractivity contribution in [1.29, 1.82) is 0 Å². The molecular formula is C19H21ClN6OS. The molecule has 0 bridgehead atoms. The number of hydrogen-bond donors (Lipinski definition) is 0. The summed E-state index contributed by atoms with van der Waals surface area (Å²) in [6.07, 6.45) is 0. The van der Waals surface area contributed by atoms with E-state index in [1.165, 1.54) is 0 Å². The highest BCUT2D eigenvalue weighted by molar-refractivity contribution is 7.71. The van der Waals surface area contributed by atoms with E-state index in [0.717, 1.165) is 48.3 Å². The Kier molecular flexibility index (Phi) is 5.61. The Morgan fingerprint density at radius 2 is 1.75 bits per heavy atom. The zero-order valence-corrected chi connectivity index (χ0v) is 17.1. The molecule has 7 nitrogen and oxygen atoms in total. The molecular weight excluding hydrogens is 396 g/mol. The molecule has 2 aromatic carbocycles. The van der Waals surface area contributed by atoms with Crippen LogP contribution in [0.25, 0.3) is 5.69 Å². The van der Waals surface area contributed by atoms with Gasteiger partial charge in [0, 0.05) is 36.9 Å². The average Bonchev–Trinajstić information content (AvgIpc) is 3.09. The molecule has 1 aliphatic rings. The third kappa shape index (κ3) is 4.04. The second kappa shape index (κ2) is 8.30. The average molecular weight is 417 g/mol. The van der Waals surface area contributed by atoms with Gasteiger partial charge >= 0.3 is 0 Å². The second-order valence-corrected chi connectivity index (χ2v) is 7.40. The van der Waals surface area contributed by atoms with Gasteiger partial charge in [-0.1, -0.05) is 17.7 Å². The first kappa shape index (κ1) is 18.9. The molecule has 3 aromatic rings. The Labute approximate surface area is 173 Å². The molecule has 0 saturated carbocycles. The fourth-order valence-corrected chi connectivity index (χ4v) is 3.68. The van der Waals surface area contributed by atoms with E-state index >= 15 is 0 Å². The first-order chi connectivity index (χ1) is 13.6. The maximum Gasteiger partial charge on any atom is 0.221 e. The molecule has 1 aromatic heterocycles. The summed E-state index contributed by atoms with van der Waals surface area (Å²) < 4.78 is 9.19. The van der Waals surface area contributed by atoms with E-state index in [1.54, 1.807) is 16.5 Å². The van der Waals surface area contributed by atoms with Crippen LogP contribution in [-0.4, -0.2) is 58.0 Å². The van der Waals surface area contributed by atoms with Crippen molar-refractivity contribution in [3.05, 3.63) is 58.3 Å². The van der Waals surface area contributed by atoms with Crippen molar-refractivity contribution in [1.82, 2.24) is 24.7 Å². The zero-order chi connectivity index (χ0) is 19.5. The number of aromatic nitrogens is 4. The first-order valence-corrected chi connectivity index (χ1v) is 9.83. The number of nitrogens with zero attached hydrogens (tertiary/aromatic N) is 6. The van der Waals surface area contributed by atoms with Gasteiger partial charge in [0.25, 0.3) is 0 Å². The molecule has 4 rings (SSSR count). The molecule has 0 spiro atoms. The Bertz CT molecular complexity index is 994. The Balaban J connectivity index is 1.40. The number of tetrazole rings is 1. The van der Waals surface area contributed by atoms with Crippen molar-refractivity contribution in [3.63, 3.8) is 0 Å². The number of methoxy groups -OCH3 is 1. The minimum Gasteiger partial charge on any atom is -0.497 e. The van der Waals surface area contributed by atoms with Crippen molar-refractivity contribution >= 4 is 29.5 Å². The number of benzene rings is 2. The van der Waals surface area contributed by atoms with Crippen LogP contribution >= 0.6 is 23.8 Å². The fraction of sp³-hybridized carbons (Fsp3) is 0.316. The van der Waals surface area contributed by atoms with Crippen LogP contribution in [0, 0.1) is 4.77 Å². The van der Waals surface area contributed by atoms with E-state index in [2.05, 4.69) is 26.3 Å². The van der Waals surface area contributed by atoms with Crippen molar-refractivity contribution in [3.8, 4) is 11.4 Å². The van der Waals surface area contributed by atoms with Crippen molar-refractivity contribution in [2.45, 2.75) is 6.67 Å². The quantitative estimate of drug-likeness (QED) is 0.595. The number of anilines is 1. The van der Waals surface area contributed by atoms with Crippen molar-refractivity contribution in [2.24, 2.45) is 0 Å². The highest BCUT2D eigenvalue weighted by atomic mass is 35.5. The third-order valence-electron chi connectivity index (χ3n) is 4.84. The second-order valence-electron chi connectivity index (χ2n) is 6.60. The van der Waals surface area contributed by atoms with Gasteiger partial charge in [-0.05, 0) is 65.1 Å². The minimum absolute atomic E-state index is 0.572. The molecule has 1 aliphatic heterocycles. The lowest BCUT2D eigenvalue weighted by atomic mass is 10.2. The number of piperazine rings is 1.